The van der Waals surface area contributed by atoms with E-state index in [1.54, 1.807) is 0 Å². The van der Waals surface area contributed by atoms with E-state index in [4.69, 9.17) is 14.4 Å². The van der Waals surface area contributed by atoms with Crippen molar-refractivity contribution in [2.24, 2.45) is 0 Å². The number of hydrogen-bond acceptors (Lipinski definition) is 5. The Hall–Kier alpha value is -0.940. The van der Waals surface area contributed by atoms with Crippen LogP contribution in [0.15, 0.2) is 4.52 Å². The number of aryl methyl sites for hydroxylation is 1. The number of aliphatic hydroxyl groups excluding tert-OH is 1. The molecule has 0 aliphatic rings. The summed E-state index contributed by atoms with van der Waals surface area (Å²) >= 11 is 0. The zero-order valence-corrected chi connectivity index (χ0v) is 9.11. The van der Waals surface area contributed by atoms with E-state index in [2.05, 4.69) is 17.1 Å². The molecule has 0 unspecified atom stereocenters. The summed E-state index contributed by atoms with van der Waals surface area (Å²) in [6, 6.07) is 0. The van der Waals surface area contributed by atoms with Crippen LogP contribution in [-0.2, 0) is 17.8 Å². The Labute approximate surface area is 89.4 Å². The van der Waals surface area contributed by atoms with Gasteiger partial charge in [0.1, 0.15) is 6.61 Å². The van der Waals surface area contributed by atoms with E-state index in [1.807, 2.05) is 0 Å². The maximum atomic E-state index is 8.61. The van der Waals surface area contributed by atoms with E-state index >= 15 is 0 Å². The summed E-state index contributed by atoms with van der Waals surface area (Å²) in [5, 5.41) is 12.4. The van der Waals surface area contributed by atoms with Gasteiger partial charge in [-0.2, -0.15) is 4.98 Å². The van der Waals surface area contributed by atoms with Gasteiger partial charge < -0.3 is 14.4 Å². The molecule has 0 atom stereocenters. The second-order valence-corrected chi connectivity index (χ2v) is 3.34. The van der Waals surface area contributed by atoms with Gasteiger partial charge in [-0.05, 0) is 19.3 Å². The fourth-order valence-electron chi connectivity index (χ4n) is 1.15. The first-order valence-electron chi connectivity index (χ1n) is 5.37. The lowest BCUT2D eigenvalue weighted by molar-refractivity contribution is 0.114. The molecule has 1 aromatic rings. The molecule has 1 rings (SSSR count). The van der Waals surface area contributed by atoms with Gasteiger partial charge in [0.05, 0.1) is 0 Å². The standard InChI is InChI=1S/C10H18N2O3/c1-2-7-14-8-9-11-10(15-12-9)5-3-4-6-13/h13H,2-8H2,1H3. The first-order valence-corrected chi connectivity index (χ1v) is 5.37. The van der Waals surface area contributed by atoms with Crippen LogP contribution >= 0.6 is 0 Å². The lowest BCUT2D eigenvalue weighted by Crippen LogP contribution is -1.96. The van der Waals surface area contributed by atoms with E-state index in [-0.39, 0.29) is 6.61 Å². The molecule has 1 heterocycles. The van der Waals surface area contributed by atoms with Crippen LogP contribution in [0, 0.1) is 0 Å². The Morgan fingerprint density at radius 3 is 3.00 bits per heavy atom. The smallest absolute Gasteiger partial charge is 0.226 e. The van der Waals surface area contributed by atoms with Gasteiger partial charge in [-0.25, -0.2) is 0 Å². The van der Waals surface area contributed by atoms with Gasteiger partial charge in [-0.3, -0.25) is 0 Å². The Morgan fingerprint density at radius 1 is 1.40 bits per heavy atom. The average Bonchev–Trinajstić information content (AvgIpc) is 2.67. The minimum absolute atomic E-state index is 0.209. The van der Waals surface area contributed by atoms with Gasteiger partial charge in [0.25, 0.3) is 0 Å². The molecule has 0 amide bonds. The van der Waals surface area contributed by atoms with Crippen molar-refractivity contribution in [1.82, 2.24) is 10.1 Å². The number of nitrogens with zero attached hydrogens (tertiary/aromatic N) is 2. The van der Waals surface area contributed by atoms with Crippen LogP contribution in [0.3, 0.4) is 0 Å². The highest BCUT2D eigenvalue weighted by Crippen LogP contribution is 2.03. The summed E-state index contributed by atoms with van der Waals surface area (Å²) in [6.07, 6.45) is 3.35. The second-order valence-electron chi connectivity index (χ2n) is 3.34. The molecular formula is C10H18N2O3. The zero-order chi connectivity index (χ0) is 10.9. The fraction of sp³-hybridized carbons (Fsp3) is 0.800. The maximum Gasteiger partial charge on any atom is 0.226 e. The normalized spacial score (nSPS) is 10.8. The van der Waals surface area contributed by atoms with Crippen molar-refractivity contribution >= 4 is 0 Å². The highest BCUT2D eigenvalue weighted by atomic mass is 16.5. The zero-order valence-electron chi connectivity index (χ0n) is 9.11. The molecule has 15 heavy (non-hydrogen) atoms. The maximum absolute atomic E-state index is 8.61. The average molecular weight is 214 g/mol. The fourth-order valence-corrected chi connectivity index (χ4v) is 1.15. The molecular weight excluding hydrogens is 196 g/mol. The van der Waals surface area contributed by atoms with Crippen molar-refractivity contribution in [2.75, 3.05) is 13.2 Å². The van der Waals surface area contributed by atoms with E-state index in [1.165, 1.54) is 0 Å². The minimum Gasteiger partial charge on any atom is -0.396 e. The van der Waals surface area contributed by atoms with Crippen LogP contribution < -0.4 is 0 Å². The molecule has 0 aliphatic carbocycles. The predicted octanol–water partition coefficient (Wildman–Crippen LogP) is 1.31. The Morgan fingerprint density at radius 2 is 2.27 bits per heavy atom. The van der Waals surface area contributed by atoms with Crippen LogP contribution in [0.1, 0.15) is 37.9 Å². The first-order chi connectivity index (χ1) is 7.36. The number of aliphatic hydroxyl groups is 1. The molecule has 0 saturated heterocycles. The lowest BCUT2D eigenvalue weighted by Gasteiger charge is -1.95. The van der Waals surface area contributed by atoms with Crippen molar-refractivity contribution in [2.45, 2.75) is 39.2 Å². The third-order valence-electron chi connectivity index (χ3n) is 1.89. The van der Waals surface area contributed by atoms with Crippen molar-refractivity contribution in [3.05, 3.63) is 11.7 Å². The molecule has 0 radical (unpaired) electrons. The SMILES string of the molecule is CCCOCc1noc(CCCCO)n1. The van der Waals surface area contributed by atoms with E-state index < -0.39 is 0 Å². The molecule has 86 valence electrons. The van der Waals surface area contributed by atoms with Crippen LogP contribution in [0.5, 0.6) is 0 Å². The number of rotatable bonds is 8. The number of aromatic nitrogens is 2. The van der Waals surface area contributed by atoms with Crippen LogP contribution in [0.2, 0.25) is 0 Å². The van der Waals surface area contributed by atoms with Gasteiger partial charge in [-0.1, -0.05) is 12.1 Å². The van der Waals surface area contributed by atoms with Gasteiger partial charge in [0.2, 0.25) is 5.89 Å². The monoisotopic (exact) mass is 214 g/mol. The molecule has 1 N–H and O–H groups in total. The molecule has 0 bridgehead atoms. The highest BCUT2D eigenvalue weighted by Gasteiger charge is 2.05. The summed E-state index contributed by atoms with van der Waals surface area (Å²) in [4.78, 5) is 4.17. The quantitative estimate of drug-likeness (QED) is 0.661. The van der Waals surface area contributed by atoms with Crippen molar-refractivity contribution in [1.29, 1.82) is 0 Å². The van der Waals surface area contributed by atoms with Crippen LogP contribution in [0.4, 0.5) is 0 Å². The molecule has 0 saturated carbocycles. The van der Waals surface area contributed by atoms with E-state index in [0.717, 1.165) is 25.7 Å². The van der Waals surface area contributed by atoms with Crippen LogP contribution in [-0.4, -0.2) is 28.5 Å². The molecule has 0 spiro atoms. The summed E-state index contributed by atoms with van der Waals surface area (Å²) in [5.74, 6) is 1.22. The number of hydrogen-bond donors (Lipinski definition) is 1. The van der Waals surface area contributed by atoms with Gasteiger partial charge in [0.15, 0.2) is 5.82 Å². The van der Waals surface area contributed by atoms with E-state index in [9.17, 15) is 0 Å². The van der Waals surface area contributed by atoms with Gasteiger partial charge in [0, 0.05) is 19.6 Å². The summed E-state index contributed by atoms with van der Waals surface area (Å²) in [5.41, 5.74) is 0. The predicted molar refractivity (Wildman–Crippen MR) is 54.3 cm³/mol. The second kappa shape index (κ2) is 7.36. The minimum atomic E-state index is 0.209. The topological polar surface area (TPSA) is 68.4 Å². The Bertz CT molecular complexity index is 238. The molecule has 5 heteroatoms. The Kier molecular flexibility index (Phi) is 5.96. The third-order valence-corrected chi connectivity index (χ3v) is 1.89. The molecule has 1 aromatic heterocycles. The molecule has 0 aromatic carbocycles. The van der Waals surface area contributed by atoms with Crippen molar-refractivity contribution < 1.29 is 14.4 Å². The summed E-state index contributed by atoms with van der Waals surface area (Å²) < 4.78 is 10.3. The first kappa shape index (κ1) is 12.1. The number of ether oxygens (including phenoxy) is 1. The summed E-state index contributed by atoms with van der Waals surface area (Å²) in [7, 11) is 0. The van der Waals surface area contributed by atoms with Gasteiger partial charge >= 0.3 is 0 Å². The molecule has 0 fully saturated rings. The largest absolute Gasteiger partial charge is 0.396 e. The number of unbranched alkanes of at least 4 members (excludes halogenated alkanes) is 1. The molecule has 5 nitrogen and oxygen atoms in total. The van der Waals surface area contributed by atoms with Crippen molar-refractivity contribution in [3.8, 4) is 0 Å². The Balaban J connectivity index is 2.23. The van der Waals surface area contributed by atoms with Crippen LogP contribution in [0.25, 0.3) is 0 Å². The van der Waals surface area contributed by atoms with E-state index in [0.29, 0.717) is 24.9 Å². The highest BCUT2D eigenvalue weighted by molar-refractivity contribution is 4.84. The third kappa shape index (κ3) is 4.90. The van der Waals surface area contributed by atoms with Gasteiger partial charge in [-0.15, -0.1) is 0 Å². The molecule has 0 aliphatic heterocycles. The lowest BCUT2D eigenvalue weighted by atomic mass is 10.2. The van der Waals surface area contributed by atoms with Crippen molar-refractivity contribution in [3.63, 3.8) is 0 Å². The summed E-state index contributed by atoms with van der Waals surface area (Å²) in [6.45, 7) is 3.39.